The molecule has 0 atom stereocenters. The summed E-state index contributed by atoms with van der Waals surface area (Å²) >= 11 is 6.44. The van der Waals surface area contributed by atoms with Gasteiger partial charge in [-0.1, -0.05) is 29.8 Å². The average molecular weight is 375 g/mol. The molecule has 2 aromatic heterocycles. The number of fused-ring (bicyclic) bond motifs is 1. The number of nitrogens with zero attached hydrogens (tertiary/aromatic N) is 4. The third-order valence-electron chi connectivity index (χ3n) is 4.65. The lowest BCUT2D eigenvalue weighted by Crippen LogP contribution is -2.36. The lowest BCUT2D eigenvalue weighted by Gasteiger charge is -2.13. The average Bonchev–Trinajstić information content (AvgIpc) is 2.97. The van der Waals surface area contributed by atoms with E-state index in [2.05, 4.69) is 4.90 Å². The van der Waals surface area contributed by atoms with Crippen molar-refractivity contribution in [3.8, 4) is 11.3 Å². The largest absolute Gasteiger partial charge is 0.345 e. The van der Waals surface area contributed by atoms with Gasteiger partial charge in [-0.05, 0) is 33.1 Å². The maximum atomic E-state index is 12.9. The fourth-order valence-electron chi connectivity index (χ4n) is 3.27. The van der Waals surface area contributed by atoms with E-state index in [4.69, 9.17) is 11.6 Å². The van der Waals surface area contributed by atoms with Gasteiger partial charge in [0.25, 0.3) is 5.56 Å². The van der Waals surface area contributed by atoms with Crippen LogP contribution in [0, 0.1) is 0 Å². The number of hydrogen-bond donors (Lipinski definition) is 0. The minimum absolute atomic E-state index is 0.302. The normalized spacial score (nSPS) is 11.6. The van der Waals surface area contributed by atoms with Crippen LogP contribution in [0.4, 0.5) is 0 Å². The molecule has 26 heavy (non-hydrogen) atoms. The SMILES string of the molecule is CN(C)CCCn1cc2c(c1-c1ccccc1Cl)c(=O)n(C)c(=O)n2C. The third kappa shape index (κ3) is 3.10. The van der Waals surface area contributed by atoms with Gasteiger partial charge in [0.15, 0.2) is 0 Å². The van der Waals surface area contributed by atoms with Crippen LogP contribution in [0.25, 0.3) is 22.2 Å². The van der Waals surface area contributed by atoms with E-state index >= 15 is 0 Å². The lowest BCUT2D eigenvalue weighted by atomic mass is 10.1. The highest BCUT2D eigenvalue weighted by Gasteiger charge is 2.20. The van der Waals surface area contributed by atoms with E-state index in [1.807, 2.05) is 49.1 Å². The van der Waals surface area contributed by atoms with Gasteiger partial charge < -0.3 is 9.47 Å². The summed E-state index contributed by atoms with van der Waals surface area (Å²) < 4.78 is 4.70. The molecule has 2 heterocycles. The van der Waals surface area contributed by atoms with Gasteiger partial charge in [0.05, 0.1) is 16.6 Å². The Morgan fingerprint density at radius 2 is 1.77 bits per heavy atom. The minimum Gasteiger partial charge on any atom is -0.345 e. The van der Waals surface area contributed by atoms with Crippen LogP contribution >= 0.6 is 11.6 Å². The summed E-state index contributed by atoms with van der Waals surface area (Å²) in [5.74, 6) is 0. The molecule has 0 saturated carbocycles. The molecule has 7 heteroatoms. The number of halogens is 1. The first-order chi connectivity index (χ1) is 12.3. The van der Waals surface area contributed by atoms with E-state index in [1.165, 1.54) is 11.6 Å². The predicted octanol–water partition coefficient (Wildman–Crippen LogP) is 2.31. The van der Waals surface area contributed by atoms with Crippen LogP contribution in [0.1, 0.15) is 6.42 Å². The molecule has 0 spiro atoms. The van der Waals surface area contributed by atoms with Crippen LogP contribution in [0.3, 0.4) is 0 Å². The van der Waals surface area contributed by atoms with Gasteiger partial charge in [-0.2, -0.15) is 0 Å². The highest BCUT2D eigenvalue weighted by Crippen LogP contribution is 2.33. The number of aromatic nitrogens is 3. The molecule has 6 nitrogen and oxygen atoms in total. The zero-order valence-corrected chi connectivity index (χ0v) is 16.2. The molecule has 138 valence electrons. The van der Waals surface area contributed by atoms with Crippen molar-refractivity contribution in [2.24, 2.45) is 14.1 Å². The Morgan fingerprint density at radius 3 is 2.42 bits per heavy atom. The van der Waals surface area contributed by atoms with Crippen LogP contribution in [0.15, 0.2) is 40.1 Å². The van der Waals surface area contributed by atoms with E-state index in [0.717, 1.165) is 35.3 Å². The molecule has 0 saturated heterocycles. The molecule has 3 aromatic rings. The summed E-state index contributed by atoms with van der Waals surface area (Å²) in [6, 6.07) is 7.48. The zero-order chi connectivity index (χ0) is 19.0. The van der Waals surface area contributed by atoms with Crippen LogP contribution < -0.4 is 11.2 Å². The molecule has 0 aliphatic rings. The Balaban J connectivity index is 2.32. The van der Waals surface area contributed by atoms with Crippen LogP contribution in [0.5, 0.6) is 0 Å². The van der Waals surface area contributed by atoms with Crippen molar-refractivity contribution >= 4 is 22.5 Å². The van der Waals surface area contributed by atoms with Crippen LogP contribution in [0.2, 0.25) is 5.02 Å². The third-order valence-corrected chi connectivity index (χ3v) is 4.97. The quantitative estimate of drug-likeness (QED) is 0.688. The number of aryl methyl sites for hydroxylation is 2. The Kier molecular flexibility index (Phi) is 5.07. The number of rotatable bonds is 5. The molecular weight excluding hydrogens is 352 g/mol. The maximum Gasteiger partial charge on any atom is 0.330 e. The van der Waals surface area contributed by atoms with Gasteiger partial charge in [-0.15, -0.1) is 0 Å². The fourth-order valence-corrected chi connectivity index (χ4v) is 3.49. The van der Waals surface area contributed by atoms with Crippen molar-refractivity contribution in [3.63, 3.8) is 0 Å². The Morgan fingerprint density at radius 1 is 1.08 bits per heavy atom. The van der Waals surface area contributed by atoms with Crippen molar-refractivity contribution in [1.82, 2.24) is 18.6 Å². The molecule has 0 amide bonds. The summed E-state index contributed by atoms with van der Waals surface area (Å²) in [6.45, 7) is 1.65. The first-order valence-electron chi connectivity index (χ1n) is 8.51. The second kappa shape index (κ2) is 7.13. The van der Waals surface area contributed by atoms with Gasteiger partial charge in [0.2, 0.25) is 0 Å². The highest BCUT2D eigenvalue weighted by atomic mass is 35.5. The van der Waals surface area contributed by atoms with Gasteiger partial charge >= 0.3 is 5.69 Å². The van der Waals surface area contributed by atoms with Crippen LogP contribution in [-0.2, 0) is 20.6 Å². The molecule has 0 aliphatic heterocycles. The van der Waals surface area contributed by atoms with E-state index in [-0.39, 0.29) is 11.2 Å². The molecule has 3 rings (SSSR count). The van der Waals surface area contributed by atoms with Crippen molar-refractivity contribution in [2.75, 3.05) is 20.6 Å². The Labute approximate surface area is 156 Å². The molecule has 0 radical (unpaired) electrons. The topological polar surface area (TPSA) is 52.2 Å². The van der Waals surface area contributed by atoms with Crippen molar-refractivity contribution in [2.45, 2.75) is 13.0 Å². The Hall–Kier alpha value is -2.31. The summed E-state index contributed by atoms with van der Waals surface area (Å²) in [4.78, 5) is 27.3. The van der Waals surface area contributed by atoms with Crippen molar-refractivity contribution in [3.05, 3.63) is 56.3 Å². The smallest absolute Gasteiger partial charge is 0.330 e. The molecule has 0 bridgehead atoms. The van der Waals surface area contributed by atoms with E-state index in [9.17, 15) is 9.59 Å². The van der Waals surface area contributed by atoms with E-state index in [1.54, 1.807) is 7.05 Å². The van der Waals surface area contributed by atoms with Crippen molar-refractivity contribution < 1.29 is 0 Å². The molecule has 0 aliphatic carbocycles. The molecule has 1 aromatic carbocycles. The summed E-state index contributed by atoms with van der Waals surface area (Å²) in [5.41, 5.74) is 1.55. The first-order valence-corrected chi connectivity index (χ1v) is 8.89. The Bertz CT molecular complexity index is 1080. The second-order valence-corrected chi connectivity index (χ2v) is 7.18. The molecular formula is C19H23ClN4O2. The zero-order valence-electron chi connectivity index (χ0n) is 15.5. The standard InChI is InChI=1S/C19H23ClN4O2/c1-21(2)10-7-11-24-12-15-16(18(25)23(4)19(26)22(15)3)17(24)13-8-5-6-9-14(13)20/h5-6,8-9,12H,7,10-11H2,1-4H3. The van der Waals surface area contributed by atoms with Gasteiger partial charge in [0, 0.05) is 37.4 Å². The van der Waals surface area contributed by atoms with Crippen LogP contribution in [-0.4, -0.2) is 39.2 Å². The first kappa shape index (κ1) is 18.5. The van der Waals surface area contributed by atoms with Gasteiger partial charge in [-0.25, -0.2) is 4.79 Å². The summed E-state index contributed by atoms with van der Waals surface area (Å²) in [5, 5.41) is 1.10. The molecule has 0 fully saturated rings. The summed E-state index contributed by atoms with van der Waals surface area (Å²) in [7, 11) is 7.25. The monoisotopic (exact) mass is 374 g/mol. The maximum absolute atomic E-state index is 12.9. The number of hydrogen-bond acceptors (Lipinski definition) is 3. The van der Waals surface area contributed by atoms with Gasteiger partial charge in [0.1, 0.15) is 0 Å². The molecule has 0 unspecified atom stereocenters. The predicted molar refractivity (Wildman–Crippen MR) is 106 cm³/mol. The summed E-state index contributed by atoms with van der Waals surface area (Å²) in [6.07, 6.45) is 2.80. The van der Waals surface area contributed by atoms with E-state index in [0.29, 0.717) is 15.9 Å². The minimum atomic E-state index is -0.335. The number of benzene rings is 1. The molecule has 0 N–H and O–H groups in total. The van der Waals surface area contributed by atoms with Crippen molar-refractivity contribution in [1.29, 1.82) is 0 Å². The highest BCUT2D eigenvalue weighted by molar-refractivity contribution is 6.33. The van der Waals surface area contributed by atoms with E-state index < -0.39 is 0 Å². The van der Waals surface area contributed by atoms with Gasteiger partial charge in [-0.3, -0.25) is 13.9 Å². The lowest BCUT2D eigenvalue weighted by molar-refractivity contribution is 0.387. The fraction of sp³-hybridized carbons (Fsp3) is 0.368. The second-order valence-electron chi connectivity index (χ2n) is 6.77.